The molecule has 0 amide bonds. The summed E-state index contributed by atoms with van der Waals surface area (Å²) in [4.78, 5) is 13.7. The second-order valence-electron chi connectivity index (χ2n) is 15.6. The van der Waals surface area contributed by atoms with Gasteiger partial charge >= 0.3 is 0 Å². The third-order valence-corrected chi connectivity index (χ3v) is 11.1. The van der Waals surface area contributed by atoms with Crippen molar-refractivity contribution in [3.05, 3.63) is 233 Å². The van der Waals surface area contributed by atoms with Crippen LogP contribution in [0.4, 0.5) is 0 Å². The summed E-state index contributed by atoms with van der Waals surface area (Å²) in [6, 6.07) is 54.6. The molecule has 3 aromatic heterocycles. The summed E-state index contributed by atoms with van der Waals surface area (Å²) >= 11 is 0. The van der Waals surface area contributed by atoms with E-state index >= 15 is 0 Å². The molecule has 9 nitrogen and oxygen atoms in total. The normalized spacial score (nSPS) is 10.6. The van der Waals surface area contributed by atoms with Crippen LogP contribution in [0.25, 0.3) is 51.2 Å². The molecule has 7 aromatic carbocycles. The maximum Gasteiger partial charge on any atom is 0.163 e. The van der Waals surface area contributed by atoms with Crippen LogP contribution in [0.5, 0.6) is 0 Å². The van der Waals surface area contributed by atoms with Crippen LogP contribution in [0, 0.1) is 56.3 Å². The van der Waals surface area contributed by atoms with E-state index < -0.39 is 0 Å². The van der Waals surface area contributed by atoms with Gasteiger partial charge < -0.3 is 0 Å². The van der Waals surface area contributed by atoms with Crippen LogP contribution >= 0.6 is 0 Å². The van der Waals surface area contributed by atoms with E-state index in [4.69, 9.17) is 0 Å². The molecule has 10 rings (SSSR count). The van der Waals surface area contributed by atoms with Gasteiger partial charge in [-0.3, -0.25) is 0 Å². The minimum absolute atomic E-state index is 0.763. The number of nitrogens with zero attached hydrogens (tertiary/aromatic N) is 9. The molecule has 0 N–H and O–H groups in total. The quantitative estimate of drug-likeness (QED) is 0.155. The fourth-order valence-electron chi connectivity index (χ4n) is 7.63. The fourth-order valence-corrected chi connectivity index (χ4v) is 7.63. The van der Waals surface area contributed by atoms with Crippen molar-refractivity contribution in [3.8, 4) is 86.7 Å². The summed E-state index contributed by atoms with van der Waals surface area (Å²) in [6.07, 6.45) is 4.75. The molecule has 0 radical (unpaired) electrons. The molecular weight excluding hydrogens is 811 g/mol. The Morgan fingerprint density at radius 1 is 0.303 bits per heavy atom. The first kappa shape index (κ1) is 40.7. The average Bonchev–Trinajstić information content (AvgIpc) is 4.16. The molecule has 0 aliphatic rings. The van der Waals surface area contributed by atoms with Crippen molar-refractivity contribution in [2.75, 3.05) is 0 Å². The number of rotatable bonds is 6. The summed E-state index contributed by atoms with van der Waals surface area (Å²) in [5, 5.41) is 13.5. The van der Waals surface area contributed by atoms with Crippen molar-refractivity contribution in [1.82, 2.24) is 44.3 Å². The molecule has 0 spiro atoms. The summed E-state index contributed by atoms with van der Waals surface area (Å²) in [6.45, 7) is 6.20. The summed E-state index contributed by atoms with van der Waals surface area (Å²) in [5.74, 6) is 22.5. The Morgan fingerprint density at radius 2 is 0.561 bits per heavy atom. The molecule has 0 unspecified atom stereocenters. The van der Waals surface area contributed by atoms with Crippen molar-refractivity contribution in [2.45, 2.75) is 20.8 Å². The van der Waals surface area contributed by atoms with Crippen LogP contribution < -0.4 is 0 Å². The van der Waals surface area contributed by atoms with Gasteiger partial charge in [0.1, 0.15) is 19.0 Å². The Kier molecular flexibility index (Phi) is 11.2. The van der Waals surface area contributed by atoms with Crippen LogP contribution in [0.1, 0.15) is 50.1 Å². The topological polar surface area (TPSA) is 92.1 Å². The minimum Gasteiger partial charge on any atom is -0.215 e. The Morgan fingerprint density at radius 3 is 0.833 bits per heavy atom. The van der Waals surface area contributed by atoms with Gasteiger partial charge in [-0.2, -0.15) is 15.3 Å². The smallest absolute Gasteiger partial charge is 0.163 e. The van der Waals surface area contributed by atoms with Gasteiger partial charge in [-0.1, -0.05) is 90.1 Å². The van der Waals surface area contributed by atoms with E-state index in [9.17, 15) is 0 Å². The fraction of sp³-hybridized carbons (Fsp3) is 0.0526. The summed E-state index contributed by atoms with van der Waals surface area (Å²) in [7, 11) is 0. The van der Waals surface area contributed by atoms with Crippen molar-refractivity contribution in [1.29, 1.82) is 0 Å². The van der Waals surface area contributed by atoms with E-state index in [0.29, 0.717) is 0 Å². The first-order chi connectivity index (χ1) is 32.4. The molecule has 0 aliphatic heterocycles. The molecule has 9 heteroatoms. The van der Waals surface area contributed by atoms with Crippen LogP contribution in [0.2, 0.25) is 0 Å². The maximum atomic E-state index is 4.57. The molecule has 0 fully saturated rings. The first-order valence-corrected chi connectivity index (χ1v) is 21.3. The number of para-hydroxylation sites is 3. The van der Waals surface area contributed by atoms with Crippen molar-refractivity contribution >= 4 is 0 Å². The number of benzene rings is 7. The molecule has 0 bridgehead atoms. The molecule has 0 atom stereocenters. The molecule has 0 aliphatic carbocycles. The molecule has 0 saturated heterocycles. The zero-order chi connectivity index (χ0) is 44.8. The van der Waals surface area contributed by atoms with E-state index in [-0.39, 0.29) is 0 Å². The van der Waals surface area contributed by atoms with E-state index in [2.05, 4.69) is 105 Å². The molecule has 10 aromatic rings. The van der Waals surface area contributed by atoms with E-state index in [1.807, 2.05) is 160 Å². The van der Waals surface area contributed by atoms with E-state index in [1.165, 1.54) is 0 Å². The third kappa shape index (κ3) is 8.67. The standard InChI is InChI=1S/C57H39N9/c1-40-10-4-7-13-52(40)64-55(58-37-61-64)49-28-22-43(23-29-49)16-19-46-34-47(20-17-44-24-30-50(31-25-44)56-59-38-62-65(56)53-14-8-5-11-41(53)2)36-48(35-46)21-18-45-26-32-51(33-27-45)57-60-39-63-66(57)54-15-9-6-12-42(54)3/h4-15,22-39H,1-3H3. The van der Waals surface area contributed by atoms with E-state index in [0.717, 1.165) is 101 Å². The van der Waals surface area contributed by atoms with E-state index in [1.54, 1.807) is 19.0 Å². The highest BCUT2D eigenvalue weighted by molar-refractivity contribution is 5.64. The zero-order valence-corrected chi connectivity index (χ0v) is 36.3. The lowest BCUT2D eigenvalue weighted by Gasteiger charge is -2.09. The second kappa shape index (κ2) is 18.2. The van der Waals surface area contributed by atoms with Crippen LogP contribution in [-0.2, 0) is 0 Å². The molecule has 3 heterocycles. The monoisotopic (exact) mass is 849 g/mol. The predicted octanol–water partition coefficient (Wildman–Crippen LogP) is 10.6. The van der Waals surface area contributed by atoms with Gasteiger partial charge in [-0.05, 0) is 147 Å². The Labute approximate surface area is 383 Å². The van der Waals surface area contributed by atoms with Gasteiger partial charge in [0.25, 0.3) is 0 Å². The minimum atomic E-state index is 0.763. The lowest BCUT2D eigenvalue weighted by atomic mass is 10.0. The SMILES string of the molecule is Cc1ccccc1-n1ncnc1-c1ccc(C#Cc2cc(C#Cc3ccc(-c4ncnn4-c4ccccc4C)cc3)cc(C#Cc3ccc(-c4ncnn4-c4ccccc4C)cc3)c2)cc1. The van der Waals surface area contributed by atoms with Gasteiger partial charge in [-0.25, -0.2) is 29.0 Å². The molecule has 66 heavy (non-hydrogen) atoms. The maximum absolute atomic E-state index is 4.57. The predicted molar refractivity (Wildman–Crippen MR) is 259 cm³/mol. The van der Waals surface area contributed by atoms with Crippen molar-refractivity contribution in [2.24, 2.45) is 0 Å². The summed E-state index contributed by atoms with van der Waals surface area (Å²) < 4.78 is 5.60. The second-order valence-corrected chi connectivity index (χ2v) is 15.6. The number of hydrogen-bond donors (Lipinski definition) is 0. The molecule has 0 saturated carbocycles. The number of hydrogen-bond acceptors (Lipinski definition) is 6. The highest BCUT2D eigenvalue weighted by atomic mass is 15.3. The van der Waals surface area contributed by atoms with Gasteiger partial charge in [-0.15, -0.1) is 0 Å². The lowest BCUT2D eigenvalue weighted by molar-refractivity contribution is 0.879. The van der Waals surface area contributed by atoms with Crippen molar-refractivity contribution in [3.63, 3.8) is 0 Å². The van der Waals surface area contributed by atoms with Gasteiger partial charge in [0.15, 0.2) is 17.5 Å². The third-order valence-electron chi connectivity index (χ3n) is 11.1. The Balaban J connectivity index is 0.940. The number of aromatic nitrogens is 9. The Bertz CT molecular complexity index is 3180. The van der Waals surface area contributed by atoms with Gasteiger partial charge in [0.2, 0.25) is 0 Å². The first-order valence-electron chi connectivity index (χ1n) is 21.3. The van der Waals surface area contributed by atoms with Crippen LogP contribution in [0.3, 0.4) is 0 Å². The highest BCUT2D eigenvalue weighted by Crippen LogP contribution is 2.25. The average molecular weight is 850 g/mol. The van der Waals surface area contributed by atoms with Gasteiger partial charge in [0.05, 0.1) is 17.1 Å². The Hall–Kier alpha value is -9.36. The van der Waals surface area contributed by atoms with Gasteiger partial charge in [0, 0.05) is 50.1 Å². The lowest BCUT2D eigenvalue weighted by Crippen LogP contribution is -2.01. The number of aryl methyl sites for hydroxylation is 3. The van der Waals surface area contributed by atoms with Crippen molar-refractivity contribution < 1.29 is 0 Å². The molecular formula is C57H39N9. The van der Waals surface area contributed by atoms with Crippen LogP contribution in [-0.4, -0.2) is 44.3 Å². The largest absolute Gasteiger partial charge is 0.215 e. The summed E-state index contributed by atoms with van der Waals surface area (Å²) in [5.41, 5.74) is 14.1. The van der Waals surface area contributed by atoms with Crippen LogP contribution in [0.15, 0.2) is 183 Å². The zero-order valence-electron chi connectivity index (χ0n) is 36.3. The highest BCUT2D eigenvalue weighted by Gasteiger charge is 2.14. The molecule has 312 valence electrons.